The molecular formula is C11H9BrO2S. The summed E-state index contributed by atoms with van der Waals surface area (Å²) in [4.78, 5) is 12.1. The van der Waals surface area contributed by atoms with E-state index in [4.69, 9.17) is 5.11 Å². The van der Waals surface area contributed by atoms with E-state index in [0.717, 1.165) is 20.7 Å². The summed E-state index contributed by atoms with van der Waals surface area (Å²) in [5, 5.41) is 8.97. The van der Waals surface area contributed by atoms with Gasteiger partial charge in [-0.25, -0.2) is 4.79 Å². The van der Waals surface area contributed by atoms with Crippen LogP contribution in [-0.2, 0) is 4.79 Å². The summed E-state index contributed by atoms with van der Waals surface area (Å²) < 4.78 is 0.977. The lowest BCUT2D eigenvalue weighted by Gasteiger charge is -2.02. The Hall–Kier alpha value is -0.740. The van der Waals surface area contributed by atoms with E-state index < -0.39 is 5.97 Å². The van der Waals surface area contributed by atoms with Crippen molar-refractivity contribution in [3.05, 3.63) is 33.8 Å². The highest BCUT2D eigenvalue weighted by Crippen LogP contribution is 2.32. The minimum atomic E-state index is -0.816. The first-order valence-electron chi connectivity index (χ1n) is 4.53. The summed E-state index contributed by atoms with van der Waals surface area (Å²) in [6.45, 7) is 0. The summed E-state index contributed by atoms with van der Waals surface area (Å²) >= 11 is 5.09. The first kappa shape index (κ1) is 10.8. The predicted octanol–water partition coefficient (Wildman–Crippen LogP) is 3.41. The molecule has 1 N–H and O–H groups in total. The lowest BCUT2D eigenvalue weighted by molar-refractivity contribution is -0.132. The molecule has 0 saturated heterocycles. The Morgan fingerprint density at radius 2 is 2.27 bits per heavy atom. The second-order valence-electron chi connectivity index (χ2n) is 3.26. The fourth-order valence-corrected chi connectivity index (χ4v) is 2.83. The minimum absolute atomic E-state index is 0.486. The number of fused-ring (bicyclic) bond motifs is 1. The van der Waals surface area contributed by atoms with Gasteiger partial charge >= 0.3 is 5.97 Å². The van der Waals surface area contributed by atoms with Crippen molar-refractivity contribution < 1.29 is 9.90 Å². The number of thioether (sulfide) groups is 1. The molecule has 0 amide bonds. The van der Waals surface area contributed by atoms with Crippen LogP contribution in [0.2, 0.25) is 0 Å². The zero-order valence-electron chi connectivity index (χ0n) is 7.87. The van der Waals surface area contributed by atoms with E-state index in [-0.39, 0.29) is 0 Å². The molecule has 1 aliphatic rings. The van der Waals surface area contributed by atoms with Crippen molar-refractivity contribution in [3.63, 3.8) is 0 Å². The van der Waals surface area contributed by atoms with Crippen LogP contribution in [0.4, 0.5) is 0 Å². The van der Waals surface area contributed by atoms with Crippen LogP contribution in [0, 0.1) is 0 Å². The fourth-order valence-electron chi connectivity index (χ4n) is 1.46. The van der Waals surface area contributed by atoms with Crippen molar-refractivity contribution >= 4 is 39.7 Å². The van der Waals surface area contributed by atoms with Gasteiger partial charge in [0.05, 0.1) is 0 Å². The summed E-state index contributed by atoms with van der Waals surface area (Å²) in [5.41, 5.74) is 1.48. The van der Waals surface area contributed by atoms with Crippen LogP contribution in [0.5, 0.6) is 0 Å². The number of hydrogen-bond donors (Lipinski definition) is 1. The van der Waals surface area contributed by atoms with Crippen molar-refractivity contribution in [2.45, 2.75) is 11.3 Å². The zero-order valence-corrected chi connectivity index (χ0v) is 10.3. The van der Waals surface area contributed by atoms with Gasteiger partial charge in [-0.1, -0.05) is 15.9 Å². The molecule has 2 rings (SSSR count). The Morgan fingerprint density at radius 3 is 3.00 bits per heavy atom. The molecule has 15 heavy (non-hydrogen) atoms. The van der Waals surface area contributed by atoms with Gasteiger partial charge in [0.2, 0.25) is 0 Å². The van der Waals surface area contributed by atoms with Gasteiger partial charge in [0.15, 0.2) is 0 Å². The van der Waals surface area contributed by atoms with Gasteiger partial charge in [0, 0.05) is 20.7 Å². The third kappa shape index (κ3) is 2.44. The van der Waals surface area contributed by atoms with Crippen LogP contribution < -0.4 is 0 Å². The molecule has 1 heterocycles. The Bertz CT molecular complexity index is 440. The summed E-state index contributed by atoms with van der Waals surface area (Å²) in [5.74, 6) is 0.00988. The first-order chi connectivity index (χ1) is 7.16. The molecular weight excluding hydrogens is 276 g/mol. The molecule has 4 heteroatoms. The van der Waals surface area contributed by atoms with Crippen molar-refractivity contribution in [1.29, 1.82) is 0 Å². The standard InChI is InChI=1S/C11H9BrO2S/c12-9-1-2-10-8(6-9)5-7(11(13)14)3-4-15-10/h1-2,5-6H,3-4H2,(H,13,14). The fraction of sp³-hybridized carbons (Fsp3) is 0.182. The molecule has 0 unspecified atom stereocenters. The number of rotatable bonds is 1. The number of halogens is 1. The molecule has 0 spiro atoms. The van der Waals surface area contributed by atoms with Gasteiger partial charge in [-0.3, -0.25) is 0 Å². The average molecular weight is 285 g/mol. The minimum Gasteiger partial charge on any atom is -0.478 e. The van der Waals surface area contributed by atoms with E-state index >= 15 is 0 Å². The van der Waals surface area contributed by atoms with E-state index in [1.165, 1.54) is 0 Å². The number of aliphatic carboxylic acids is 1. The largest absolute Gasteiger partial charge is 0.478 e. The second-order valence-corrected chi connectivity index (χ2v) is 5.31. The van der Waals surface area contributed by atoms with Crippen molar-refractivity contribution in [1.82, 2.24) is 0 Å². The molecule has 0 aliphatic carbocycles. The summed E-state index contributed by atoms with van der Waals surface area (Å²) in [6.07, 6.45) is 2.38. The molecule has 2 nitrogen and oxygen atoms in total. The SMILES string of the molecule is O=C(O)C1=Cc2cc(Br)ccc2SCC1. The van der Waals surface area contributed by atoms with Gasteiger partial charge in [-0.05, 0) is 36.3 Å². The number of carboxylic acid groups (broad SMARTS) is 1. The topological polar surface area (TPSA) is 37.3 Å². The van der Waals surface area contributed by atoms with Crippen molar-refractivity contribution in [2.75, 3.05) is 5.75 Å². The molecule has 78 valence electrons. The van der Waals surface area contributed by atoms with Gasteiger partial charge in [0.25, 0.3) is 0 Å². The third-order valence-electron chi connectivity index (χ3n) is 2.21. The van der Waals surface area contributed by atoms with Crippen LogP contribution in [0.15, 0.2) is 33.1 Å². The van der Waals surface area contributed by atoms with Crippen LogP contribution in [0.3, 0.4) is 0 Å². The van der Waals surface area contributed by atoms with Crippen LogP contribution >= 0.6 is 27.7 Å². The lowest BCUT2D eigenvalue weighted by atomic mass is 10.1. The maximum absolute atomic E-state index is 10.9. The van der Waals surface area contributed by atoms with E-state index in [2.05, 4.69) is 15.9 Å². The highest BCUT2D eigenvalue weighted by Gasteiger charge is 2.13. The molecule has 0 atom stereocenters. The monoisotopic (exact) mass is 284 g/mol. The zero-order chi connectivity index (χ0) is 10.8. The van der Waals surface area contributed by atoms with E-state index in [9.17, 15) is 4.79 Å². The molecule has 1 aliphatic heterocycles. The molecule has 1 aromatic rings. The van der Waals surface area contributed by atoms with Gasteiger partial charge in [0.1, 0.15) is 0 Å². The maximum atomic E-state index is 10.9. The van der Waals surface area contributed by atoms with Crippen LogP contribution in [-0.4, -0.2) is 16.8 Å². The lowest BCUT2D eigenvalue weighted by Crippen LogP contribution is -2.00. The molecule has 0 bridgehead atoms. The maximum Gasteiger partial charge on any atom is 0.331 e. The van der Waals surface area contributed by atoms with E-state index in [1.807, 2.05) is 18.2 Å². The molecule has 1 aromatic carbocycles. The quantitative estimate of drug-likeness (QED) is 0.859. The van der Waals surface area contributed by atoms with Gasteiger partial charge in [-0.15, -0.1) is 11.8 Å². The Balaban J connectivity index is 2.48. The summed E-state index contributed by atoms with van der Waals surface area (Å²) in [7, 11) is 0. The smallest absolute Gasteiger partial charge is 0.331 e. The van der Waals surface area contributed by atoms with Crippen molar-refractivity contribution in [2.24, 2.45) is 0 Å². The highest BCUT2D eigenvalue weighted by atomic mass is 79.9. The van der Waals surface area contributed by atoms with E-state index in [1.54, 1.807) is 17.8 Å². The Morgan fingerprint density at radius 1 is 1.47 bits per heavy atom. The predicted molar refractivity (Wildman–Crippen MR) is 65.1 cm³/mol. The second kappa shape index (κ2) is 4.41. The normalized spacial score (nSPS) is 15.1. The Kier molecular flexibility index (Phi) is 3.17. The molecule has 0 fully saturated rings. The van der Waals surface area contributed by atoms with E-state index in [0.29, 0.717) is 12.0 Å². The van der Waals surface area contributed by atoms with Crippen LogP contribution in [0.1, 0.15) is 12.0 Å². The number of carbonyl (C=O) groups is 1. The summed E-state index contributed by atoms with van der Waals surface area (Å²) in [6, 6.07) is 5.95. The Labute approximate surface area is 101 Å². The van der Waals surface area contributed by atoms with Gasteiger partial charge < -0.3 is 5.11 Å². The number of hydrogen-bond acceptors (Lipinski definition) is 2. The molecule has 0 aromatic heterocycles. The molecule has 0 saturated carbocycles. The number of benzene rings is 1. The van der Waals surface area contributed by atoms with Crippen molar-refractivity contribution in [3.8, 4) is 0 Å². The van der Waals surface area contributed by atoms with Crippen LogP contribution in [0.25, 0.3) is 6.08 Å². The molecule has 0 radical (unpaired) electrons. The highest BCUT2D eigenvalue weighted by molar-refractivity contribution is 9.10. The average Bonchev–Trinajstić information content (AvgIpc) is 2.39. The van der Waals surface area contributed by atoms with Gasteiger partial charge in [-0.2, -0.15) is 0 Å². The first-order valence-corrected chi connectivity index (χ1v) is 6.31. The third-order valence-corrected chi connectivity index (χ3v) is 3.79. The number of carboxylic acids is 1.